The van der Waals surface area contributed by atoms with Gasteiger partial charge in [-0.15, -0.1) is 10.2 Å². The Morgan fingerprint density at radius 1 is 1.64 bits per heavy atom. The fraction of sp³-hybridized carbons (Fsp3) is 0.667. The molecule has 0 aliphatic rings. The van der Waals surface area contributed by atoms with Gasteiger partial charge in [-0.3, -0.25) is 0 Å². The Kier molecular flexibility index (Phi) is 2.55. The van der Waals surface area contributed by atoms with Crippen molar-refractivity contribution in [1.29, 1.82) is 5.26 Å². The highest BCUT2D eigenvalue weighted by molar-refractivity contribution is 4.74. The van der Waals surface area contributed by atoms with E-state index in [0.717, 1.165) is 12.2 Å². The first kappa shape index (κ1) is 7.66. The van der Waals surface area contributed by atoms with Crippen LogP contribution < -0.4 is 0 Å². The summed E-state index contributed by atoms with van der Waals surface area (Å²) in [5, 5.41) is 19.8. The molecule has 58 valence electrons. The SMILES string of the molecule is CCc1nnn(CCC#N)n1. The van der Waals surface area contributed by atoms with Crippen molar-refractivity contribution in [2.75, 3.05) is 0 Å². The maximum absolute atomic E-state index is 8.25. The van der Waals surface area contributed by atoms with Gasteiger partial charge >= 0.3 is 0 Å². The van der Waals surface area contributed by atoms with E-state index in [4.69, 9.17) is 5.26 Å². The fourth-order valence-electron chi connectivity index (χ4n) is 0.663. The molecule has 0 N–H and O–H groups in total. The van der Waals surface area contributed by atoms with E-state index in [9.17, 15) is 0 Å². The Balaban J connectivity index is 2.53. The smallest absolute Gasteiger partial charge is 0.174 e. The van der Waals surface area contributed by atoms with E-state index in [1.54, 1.807) is 0 Å². The highest BCUT2D eigenvalue weighted by Gasteiger charge is 1.97. The number of aryl methyl sites for hydroxylation is 2. The molecule has 1 aromatic heterocycles. The second kappa shape index (κ2) is 3.66. The van der Waals surface area contributed by atoms with Crippen molar-refractivity contribution in [1.82, 2.24) is 20.2 Å². The molecule has 0 atom stereocenters. The normalized spacial score (nSPS) is 9.45. The zero-order valence-electron chi connectivity index (χ0n) is 6.36. The highest BCUT2D eigenvalue weighted by atomic mass is 15.6. The molecule has 11 heavy (non-hydrogen) atoms. The van der Waals surface area contributed by atoms with Crippen LogP contribution in [0.15, 0.2) is 0 Å². The summed E-state index contributed by atoms with van der Waals surface area (Å²) in [5.74, 6) is 0.725. The van der Waals surface area contributed by atoms with Gasteiger partial charge in [0.15, 0.2) is 5.82 Å². The predicted molar refractivity (Wildman–Crippen MR) is 37.4 cm³/mol. The summed E-state index contributed by atoms with van der Waals surface area (Å²) < 4.78 is 0. The highest BCUT2D eigenvalue weighted by Crippen LogP contribution is 1.88. The Labute approximate surface area is 64.6 Å². The zero-order chi connectivity index (χ0) is 8.10. The average molecular weight is 151 g/mol. The van der Waals surface area contributed by atoms with E-state index in [-0.39, 0.29) is 0 Å². The lowest BCUT2D eigenvalue weighted by molar-refractivity contribution is 0.529. The van der Waals surface area contributed by atoms with Gasteiger partial charge in [-0.2, -0.15) is 10.1 Å². The third kappa shape index (κ3) is 2.00. The zero-order valence-corrected chi connectivity index (χ0v) is 6.36. The molecule has 1 aromatic rings. The maximum atomic E-state index is 8.25. The molecular weight excluding hydrogens is 142 g/mol. The molecule has 0 radical (unpaired) electrons. The van der Waals surface area contributed by atoms with Crippen molar-refractivity contribution >= 4 is 0 Å². The largest absolute Gasteiger partial charge is 0.198 e. The number of nitrogens with zero attached hydrogens (tertiary/aromatic N) is 5. The monoisotopic (exact) mass is 151 g/mol. The summed E-state index contributed by atoms with van der Waals surface area (Å²) in [6, 6.07) is 2.01. The van der Waals surface area contributed by atoms with Crippen LogP contribution in [0.5, 0.6) is 0 Å². The molecule has 0 saturated heterocycles. The summed E-state index contributed by atoms with van der Waals surface area (Å²) in [5.41, 5.74) is 0. The Morgan fingerprint density at radius 3 is 3.00 bits per heavy atom. The topological polar surface area (TPSA) is 67.4 Å². The number of hydrogen-bond acceptors (Lipinski definition) is 4. The molecule has 0 amide bonds. The fourth-order valence-corrected chi connectivity index (χ4v) is 0.663. The van der Waals surface area contributed by atoms with Crippen molar-refractivity contribution < 1.29 is 0 Å². The van der Waals surface area contributed by atoms with Crippen LogP contribution in [-0.4, -0.2) is 20.2 Å². The number of tetrazole rings is 1. The van der Waals surface area contributed by atoms with Crippen LogP contribution in [0.3, 0.4) is 0 Å². The molecule has 1 heterocycles. The van der Waals surface area contributed by atoms with E-state index in [0.29, 0.717) is 13.0 Å². The van der Waals surface area contributed by atoms with Crippen molar-refractivity contribution in [3.8, 4) is 6.07 Å². The van der Waals surface area contributed by atoms with E-state index in [1.165, 1.54) is 4.80 Å². The van der Waals surface area contributed by atoms with Crippen LogP contribution in [-0.2, 0) is 13.0 Å². The standard InChI is InChI=1S/C6H9N5/c1-2-6-8-10-11(9-6)5-3-4-7/h2-3,5H2,1H3. The molecule has 0 bridgehead atoms. The van der Waals surface area contributed by atoms with Crippen molar-refractivity contribution in [2.24, 2.45) is 0 Å². The lowest BCUT2D eigenvalue weighted by Gasteiger charge is -1.88. The summed E-state index contributed by atoms with van der Waals surface area (Å²) in [7, 11) is 0. The van der Waals surface area contributed by atoms with E-state index in [1.807, 2.05) is 13.0 Å². The summed E-state index contributed by atoms with van der Waals surface area (Å²) >= 11 is 0. The van der Waals surface area contributed by atoms with Crippen molar-refractivity contribution in [2.45, 2.75) is 26.3 Å². The van der Waals surface area contributed by atoms with Crippen LogP contribution in [0.4, 0.5) is 0 Å². The number of nitriles is 1. The second-order valence-electron chi connectivity index (χ2n) is 2.06. The molecule has 0 aliphatic heterocycles. The summed E-state index contributed by atoms with van der Waals surface area (Å²) in [4.78, 5) is 1.45. The van der Waals surface area contributed by atoms with E-state index in [2.05, 4.69) is 15.4 Å². The molecule has 0 fully saturated rings. The van der Waals surface area contributed by atoms with Crippen LogP contribution in [0, 0.1) is 11.3 Å². The molecule has 5 heteroatoms. The molecule has 0 saturated carbocycles. The van der Waals surface area contributed by atoms with Crippen LogP contribution in [0.2, 0.25) is 0 Å². The van der Waals surface area contributed by atoms with Gasteiger partial charge in [0.25, 0.3) is 0 Å². The second-order valence-corrected chi connectivity index (χ2v) is 2.06. The predicted octanol–water partition coefficient (Wildman–Crippen LogP) is 0.149. The minimum absolute atomic E-state index is 0.430. The molecular formula is C6H9N5. The molecule has 0 aromatic carbocycles. The van der Waals surface area contributed by atoms with Gasteiger partial charge < -0.3 is 0 Å². The van der Waals surface area contributed by atoms with E-state index < -0.39 is 0 Å². The number of aromatic nitrogens is 4. The Bertz CT molecular complexity index is 258. The summed E-state index contributed by atoms with van der Waals surface area (Å²) in [6.45, 7) is 2.50. The van der Waals surface area contributed by atoms with Gasteiger partial charge in [0.1, 0.15) is 0 Å². The van der Waals surface area contributed by atoms with Gasteiger partial charge in [0.05, 0.1) is 19.0 Å². The lowest BCUT2D eigenvalue weighted by atomic mass is 10.5. The minimum Gasteiger partial charge on any atom is -0.198 e. The molecule has 0 aliphatic carbocycles. The van der Waals surface area contributed by atoms with Crippen LogP contribution >= 0.6 is 0 Å². The third-order valence-corrected chi connectivity index (χ3v) is 1.23. The maximum Gasteiger partial charge on any atom is 0.174 e. The number of hydrogen-bond donors (Lipinski definition) is 0. The first-order valence-corrected chi connectivity index (χ1v) is 3.50. The van der Waals surface area contributed by atoms with Gasteiger partial charge in [0.2, 0.25) is 0 Å². The van der Waals surface area contributed by atoms with Crippen molar-refractivity contribution in [3.05, 3.63) is 5.82 Å². The van der Waals surface area contributed by atoms with Gasteiger partial charge in [-0.05, 0) is 5.21 Å². The molecule has 5 nitrogen and oxygen atoms in total. The first-order chi connectivity index (χ1) is 5.36. The Hall–Kier alpha value is -1.44. The van der Waals surface area contributed by atoms with Crippen LogP contribution in [0.25, 0.3) is 0 Å². The van der Waals surface area contributed by atoms with Gasteiger partial charge in [0, 0.05) is 6.42 Å². The first-order valence-electron chi connectivity index (χ1n) is 3.50. The van der Waals surface area contributed by atoms with Crippen LogP contribution in [0.1, 0.15) is 19.2 Å². The molecule has 0 unspecified atom stereocenters. The van der Waals surface area contributed by atoms with Gasteiger partial charge in [-0.1, -0.05) is 6.92 Å². The number of rotatable bonds is 3. The van der Waals surface area contributed by atoms with Gasteiger partial charge in [-0.25, -0.2) is 0 Å². The summed E-state index contributed by atoms with van der Waals surface area (Å²) in [6.07, 6.45) is 1.21. The quantitative estimate of drug-likeness (QED) is 0.616. The third-order valence-electron chi connectivity index (χ3n) is 1.23. The lowest BCUT2D eigenvalue weighted by Crippen LogP contribution is -2.01. The average Bonchev–Trinajstić information content (AvgIpc) is 2.48. The Morgan fingerprint density at radius 2 is 2.45 bits per heavy atom. The minimum atomic E-state index is 0.430. The molecule has 0 spiro atoms. The van der Waals surface area contributed by atoms with Crippen molar-refractivity contribution in [3.63, 3.8) is 0 Å². The molecule has 1 rings (SSSR count). The van der Waals surface area contributed by atoms with E-state index >= 15 is 0 Å².